The van der Waals surface area contributed by atoms with Gasteiger partial charge >= 0.3 is 0 Å². The third kappa shape index (κ3) is 4.00. The molecule has 1 N–H and O–H groups in total. The molecule has 120 valence electrons. The van der Waals surface area contributed by atoms with Gasteiger partial charge in [0.25, 0.3) is 0 Å². The van der Waals surface area contributed by atoms with E-state index in [9.17, 15) is 8.78 Å². The van der Waals surface area contributed by atoms with E-state index in [1.54, 1.807) is 0 Å². The van der Waals surface area contributed by atoms with Crippen molar-refractivity contribution in [2.45, 2.75) is 13.0 Å². The summed E-state index contributed by atoms with van der Waals surface area (Å²) in [6, 6.07) is 3.56. The van der Waals surface area contributed by atoms with Crippen LogP contribution in [-0.2, 0) is 6.54 Å². The van der Waals surface area contributed by atoms with Crippen LogP contribution in [0.4, 0.5) is 8.78 Å². The van der Waals surface area contributed by atoms with Gasteiger partial charge in [-0.25, -0.2) is 8.78 Å². The molecule has 0 unspecified atom stereocenters. The SMILES string of the molecule is Cl.Fc1ccc(-c2noc(CN3CCCNCC3)n2)cc1F. The largest absolute Gasteiger partial charge is 0.338 e. The van der Waals surface area contributed by atoms with Gasteiger partial charge in [-0.1, -0.05) is 5.16 Å². The van der Waals surface area contributed by atoms with Crippen LogP contribution in [0.1, 0.15) is 12.3 Å². The fourth-order valence-electron chi connectivity index (χ4n) is 2.32. The molecule has 2 heterocycles. The summed E-state index contributed by atoms with van der Waals surface area (Å²) in [4.78, 5) is 6.47. The summed E-state index contributed by atoms with van der Waals surface area (Å²) >= 11 is 0. The highest BCUT2D eigenvalue weighted by Crippen LogP contribution is 2.19. The summed E-state index contributed by atoms with van der Waals surface area (Å²) in [5.74, 6) is -1.05. The Morgan fingerprint density at radius 3 is 2.86 bits per heavy atom. The molecule has 22 heavy (non-hydrogen) atoms. The van der Waals surface area contributed by atoms with Crippen molar-refractivity contribution in [1.29, 1.82) is 0 Å². The first-order valence-corrected chi connectivity index (χ1v) is 6.93. The zero-order valence-corrected chi connectivity index (χ0v) is 12.7. The minimum Gasteiger partial charge on any atom is -0.338 e. The number of hydrogen-bond donors (Lipinski definition) is 1. The molecule has 1 aromatic heterocycles. The van der Waals surface area contributed by atoms with Gasteiger partial charge in [0.2, 0.25) is 11.7 Å². The van der Waals surface area contributed by atoms with Crippen LogP contribution in [0, 0.1) is 11.6 Å². The Bertz CT molecular complexity index is 615. The minimum absolute atomic E-state index is 0. The van der Waals surface area contributed by atoms with E-state index in [0.29, 0.717) is 18.0 Å². The van der Waals surface area contributed by atoms with Crippen LogP contribution >= 0.6 is 12.4 Å². The standard InChI is InChI=1S/C14H16F2N4O.ClH/c15-11-3-2-10(8-12(11)16)14-18-13(21-19-14)9-20-6-1-4-17-5-7-20;/h2-3,8,17H,1,4-7,9H2;1H. The van der Waals surface area contributed by atoms with Crippen molar-refractivity contribution in [3.05, 3.63) is 35.7 Å². The normalized spacial score (nSPS) is 16.1. The third-order valence-corrected chi connectivity index (χ3v) is 3.44. The molecule has 1 aromatic carbocycles. The van der Waals surface area contributed by atoms with Gasteiger partial charge in [-0.3, -0.25) is 4.90 Å². The highest BCUT2D eigenvalue weighted by atomic mass is 35.5. The summed E-state index contributed by atoms with van der Waals surface area (Å²) in [7, 11) is 0. The quantitative estimate of drug-likeness (QED) is 0.935. The van der Waals surface area contributed by atoms with Crippen LogP contribution in [0.2, 0.25) is 0 Å². The molecule has 8 heteroatoms. The van der Waals surface area contributed by atoms with Gasteiger partial charge in [0.05, 0.1) is 6.54 Å². The average molecular weight is 331 g/mol. The fraction of sp³-hybridized carbons (Fsp3) is 0.429. The Labute approximate surface area is 133 Å². The molecule has 3 rings (SSSR count). The lowest BCUT2D eigenvalue weighted by Gasteiger charge is -2.16. The Morgan fingerprint density at radius 2 is 2.05 bits per heavy atom. The Kier molecular flexibility index (Phi) is 5.82. The number of nitrogens with one attached hydrogen (secondary N) is 1. The molecule has 0 radical (unpaired) electrons. The predicted molar refractivity (Wildman–Crippen MR) is 79.7 cm³/mol. The van der Waals surface area contributed by atoms with Gasteiger partial charge < -0.3 is 9.84 Å². The van der Waals surface area contributed by atoms with Gasteiger partial charge in [0.1, 0.15) is 0 Å². The minimum atomic E-state index is -0.919. The zero-order valence-electron chi connectivity index (χ0n) is 11.9. The van der Waals surface area contributed by atoms with Crippen LogP contribution in [-0.4, -0.2) is 41.2 Å². The van der Waals surface area contributed by atoms with Gasteiger partial charge in [0.15, 0.2) is 11.6 Å². The summed E-state index contributed by atoms with van der Waals surface area (Å²) in [5.41, 5.74) is 0.404. The lowest BCUT2D eigenvalue weighted by molar-refractivity contribution is 0.239. The first-order valence-electron chi connectivity index (χ1n) is 6.93. The lowest BCUT2D eigenvalue weighted by Crippen LogP contribution is -2.27. The van der Waals surface area contributed by atoms with Gasteiger partial charge in [-0.15, -0.1) is 12.4 Å². The van der Waals surface area contributed by atoms with Crippen LogP contribution in [0.15, 0.2) is 22.7 Å². The van der Waals surface area contributed by atoms with E-state index in [1.807, 2.05) is 0 Å². The maximum absolute atomic E-state index is 13.2. The first kappa shape index (κ1) is 16.8. The van der Waals surface area contributed by atoms with E-state index in [0.717, 1.165) is 44.7 Å². The number of hydrogen-bond acceptors (Lipinski definition) is 5. The second-order valence-electron chi connectivity index (χ2n) is 5.02. The van der Waals surface area contributed by atoms with Gasteiger partial charge in [0, 0.05) is 18.7 Å². The summed E-state index contributed by atoms with van der Waals surface area (Å²) in [6.45, 7) is 4.40. The van der Waals surface area contributed by atoms with E-state index in [4.69, 9.17) is 4.52 Å². The topological polar surface area (TPSA) is 54.2 Å². The smallest absolute Gasteiger partial charge is 0.241 e. The second-order valence-corrected chi connectivity index (χ2v) is 5.02. The average Bonchev–Trinajstić information content (AvgIpc) is 2.78. The molecular formula is C14H17ClF2N4O. The molecule has 0 amide bonds. The van der Waals surface area contributed by atoms with Crippen molar-refractivity contribution in [3.8, 4) is 11.4 Å². The van der Waals surface area contributed by atoms with Crippen LogP contribution < -0.4 is 5.32 Å². The van der Waals surface area contributed by atoms with E-state index in [2.05, 4.69) is 20.4 Å². The number of benzene rings is 1. The molecule has 0 atom stereocenters. The summed E-state index contributed by atoms with van der Waals surface area (Å²) in [6.07, 6.45) is 1.07. The van der Waals surface area contributed by atoms with E-state index in [-0.39, 0.29) is 18.2 Å². The van der Waals surface area contributed by atoms with Crippen molar-refractivity contribution >= 4 is 12.4 Å². The molecule has 5 nitrogen and oxygen atoms in total. The molecule has 1 aliphatic rings. The molecule has 1 aliphatic heterocycles. The van der Waals surface area contributed by atoms with Crippen molar-refractivity contribution in [2.75, 3.05) is 26.2 Å². The van der Waals surface area contributed by atoms with Crippen molar-refractivity contribution < 1.29 is 13.3 Å². The molecule has 1 fully saturated rings. The Balaban J connectivity index is 0.00000176. The molecule has 0 spiro atoms. The molecule has 1 saturated heterocycles. The molecule has 0 saturated carbocycles. The summed E-state index contributed by atoms with van der Waals surface area (Å²) < 4.78 is 31.3. The van der Waals surface area contributed by atoms with Crippen LogP contribution in [0.5, 0.6) is 0 Å². The number of rotatable bonds is 3. The van der Waals surface area contributed by atoms with Gasteiger partial charge in [-0.05, 0) is 37.7 Å². The van der Waals surface area contributed by atoms with Crippen molar-refractivity contribution in [2.24, 2.45) is 0 Å². The van der Waals surface area contributed by atoms with Crippen molar-refractivity contribution in [3.63, 3.8) is 0 Å². The molecule has 0 aliphatic carbocycles. The monoisotopic (exact) mass is 330 g/mol. The maximum atomic E-state index is 13.2. The summed E-state index contributed by atoms with van der Waals surface area (Å²) in [5, 5.41) is 7.15. The predicted octanol–water partition coefficient (Wildman–Crippen LogP) is 2.23. The third-order valence-electron chi connectivity index (χ3n) is 3.44. The van der Waals surface area contributed by atoms with E-state index in [1.165, 1.54) is 6.07 Å². The molecule has 0 bridgehead atoms. The Hall–Kier alpha value is -1.57. The fourth-order valence-corrected chi connectivity index (χ4v) is 2.32. The zero-order chi connectivity index (χ0) is 14.7. The maximum Gasteiger partial charge on any atom is 0.241 e. The highest BCUT2D eigenvalue weighted by Gasteiger charge is 2.15. The number of nitrogens with zero attached hydrogens (tertiary/aromatic N) is 3. The molecular weight excluding hydrogens is 314 g/mol. The molecule has 2 aromatic rings. The first-order chi connectivity index (χ1) is 10.2. The number of halogens is 3. The van der Waals surface area contributed by atoms with Crippen molar-refractivity contribution in [1.82, 2.24) is 20.4 Å². The van der Waals surface area contributed by atoms with Gasteiger partial charge in [-0.2, -0.15) is 4.98 Å². The number of aromatic nitrogens is 2. The van der Waals surface area contributed by atoms with E-state index >= 15 is 0 Å². The Morgan fingerprint density at radius 1 is 1.18 bits per heavy atom. The van der Waals surface area contributed by atoms with Crippen LogP contribution in [0.3, 0.4) is 0 Å². The second kappa shape index (κ2) is 7.62. The van der Waals surface area contributed by atoms with Crippen LogP contribution in [0.25, 0.3) is 11.4 Å². The highest BCUT2D eigenvalue weighted by molar-refractivity contribution is 5.85. The lowest BCUT2D eigenvalue weighted by atomic mass is 10.2. The van der Waals surface area contributed by atoms with E-state index < -0.39 is 11.6 Å².